The van der Waals surface area contributed by atoms with Gasteiger partial charge < -0.3 is 24.8 Å². The smallest absolute Gasteiger partial charge is 0.315 e. The Hall–Kier alpha value is -1.79. The van der Waals surface area contributed by atoms with E-state index in [1.165, 1.54) is 19.3 Å². The molecule has 0 aliphatic heterocycles. The number of nitrogens with two attached hydrogens (primary N) is 1. The number of nitrogens with zero attached hydrogens (tertiary/aromatic N) is 1. The summed E-state index contributed by atoms with van der Waals surface area (Å²) in [5, 5.41) is 0. The van der Waals surface area contributed by atoms with Crippen LogP contribution in [0, 0.1) is 0 Å². The van der Waals surface area contributed by atoms with Crippen LogP contribution in [0.1, 0.15) is 44.6 Å². The number of carbonyl (C=O) groups excluding carboxylic acids is 1. The Labute approximate surface area is 151 Å². The van der Waals surface area contributed by atoms with E-state index in [9.17, 15) is 4.79 Å². The molecule has 0 spiro atoms. The van der Waals surface area contributed by atoms with Gasteiger partial charge >= 0.3 is 6.03 Å². The van der Waals surface area contributed by atoms with E-state index in [1.807, 2.05) is 24.3 Å². The van der Waals surface area contributed by atoms with Gasteiger partial charge in [-0.3, -0.25) is 0 Å². The quantitative estimate of drug-likeness (QED) is 0.410. The van der Waals surface area contributed by atoms with Crippen LogP contribution in [0.4, 0.5) is 4.79 Å². The van der Waals surface area contributed by atoms with Crippen molar-refractivity contribution in [2.75, 3.05) is 33.7 Å². The summed E-state index contributed by atoms with van der Waals surface area (Å²) in [6, 6.07) is 7.25. The monoisotopic (exact) mass is 352 g/mol. The lowest BCUT2D eigenvalue weighted by Crippen LogP contribution is -2.35. The fourth-order valence-electron chi connectivity index (χ4n) is 2.40. The molecule has 0 unspecified atom stereocenters. The minimum Gasteiger partial charge on any atom is -0.468 e. The van der Waals surface area contributed by atoms with Crippen molar-refractivity contribution in [3.63, 3.8) is 0 Å². The molecule has 142 valence electrons. The van der Waals surface area contributed by atoms with Gasteiger partial charge in [-0.15, -0.1) is 0 Å². The molecule has 0 fully saturated rings. The highest BCUT2D eigenvalue weighted by atomic mass is 16.7. The molecule has 0 aliphatic rings. The Kier molecular flexibility index (Phi) is 11.5. The first-order chi connectivity index (χ1) is 12.2. The van der Waals surface area contributed by atoms with Crippen LogP contribution in [0.2, 0.25) is 0 Å². The Morgan fingerprint density at radius 3 is 2.44 bits per heavy atom. The number of urea groups is 1. The average Bonchev–Trinajstić information content (AvgIpc) is 2.61. The summed E-state index contributed by atoms with van der Waals surface area (Å²) < 4.78 is 15.6. The van der Waals surface area contributed by atoms with Gasteiger partial charge in [-0.1, -0.05) is 44.7 Å². The summed E-state index contributed by atoms with van der Waals surface area (Å²) in [5.74, 6) is 0.728. The number of unbranched alkanes of at least 4 members (excludes halogenated alkanes) is 4. The Balaban J connectivity index is 2.35. The Bertz CT molecular complexity index is 465. The molecule has 2 amide bonds. The van der Waals surface area contributed by atoms with E-state index in [1.54, 1.807) is 12.0 Å². The fraction of sp³-hybridized carbons (Fsp3) is 0.632. The van der Waals surface area contributed by atoms with Crippen molar-refractivity contribution in [1.29, 1.82) is 0 Å². The predicted octanol–water partition coefficient (Wildman–Crippen LogP) is 3.54. The number of rotatable bonds is 14. The molecule has 2 N–H and O–H groups in total. The summed E-state index contributed by atoms with van der Waals surface area (Å²) in [4.78, 5) is 13.3. The number of primary amides is 1. The van der Waals surface area contributed by atoms with Gasteiger partial charge in [0.1, 0.15) is 5.75 Å². The highest BCUT2D eigenvalue weighted by Gasteiger charge is 2.10. The SMILES string of the molecule is CCCCCCCN(Cc1ccc(OCOCCOC)cc1)C(N)=O. The molecule has 0 saturated carbocycles. The van der Waals surface area contributed by atoms with E-state index in [0.29, 0.717) is 26.3 Å². The van der Waals surface area contributed by atoms with Gasteiger partial charge in [0.15, 0.2) is 6.79 Å². The topological polar surface area (TPSA) is 74.0 Å². The van der Waals surface area contributed by atoms with E-state index < -0.39 is 0 Å². The molecule has 1 aromatic carbocycles. The summed E-state index contributed by atoms with van der Waals surface area (Å²) in [5.41, 5.74) is 6.52. The van der Waals surface area contributed by atoms with Crippen LogP contribution in [0.15, 0.2) is 24.3 Å². The van der Waals surface area contributed by atoms with Crippen LogP contribution in [-0.2, 0) is 16.0 Å². The van der Waals surface area contributed by atoms with Crippen molar-refractivity contribution >= 4 is 6.03 Å². The molecule has 25 heavy (non-hydrogen) atoms. The number of methoxy groups -OCH3 is 1. The highest BCUT2D eigenvalue weighted by Crippen LogP contribution is 2.14. The van der Waals surface area contributed by atoms with Crippen LogP contribution in [-0.4, -0.2) is 44.6 Å². The molecule has 6 heteroatoms. The molecule has 0 aliphatic carbocycles. The van der Waals surface area contributed by atoms with Crippen LogP contribution < -0.4 is 10.5 Å². The number of hydrogen-bond donors (Lipinski definition) is 1. The molecule has 0 saturated heterocycles. The zero-order chi connectivity index (χ0) is 18.3. The maximum absolute atomic E-state index is 11.6. The highest BCUT2D eigenvalue weighted by molar-refractivity contribution is 5.72. The molecule has 6 nitrogen and oxygen atoms in total. The van der Waals surface area contributed by atoms with Crippen LogP contribution in [0.3, 0.4) is 0 Å². The lowest BCUT2D eigenvalue weighted by atomic mass is 10.1. The number of benzene rings is 1. The van der Waals surface area contributed by atoms with Crippen molar-refractivity contribution in [1.82, 2.24) is 4.90 Å². The molecule has 1 rings (SSSR count). The molecular formula is C19H32N2O4. The first-order valence-corrected chi connectivity index (χ1v) is 9.00. The standard InChI is InChI=1S/C19H32N2O4/c1-3-4-5-6-7-12-21(19(20)22)15-17-8-10-18(11-9-17)25-16-24-14-13-23-2/h8-11H,3-7,12-16H2,1-2H3,(H2,20,22). The van der Waals surface area contributed by atoms with E-state index in [4.69, 9.17) is 19.9 Å². The minimum absolute atomic E-state index is 0.188. The van der Waals surface area contributed by atoms with E-state index in [2.05, 4.69) is 6.92 Å². The lowest BCUT2D eigenvalue weighted by Gasteiger charge is -2.20. The summed E-state index contributed by atoms with van der Waals surface area (Å²) >= 11 is 0. The first kappa shape index (κ1) is 21.3. The van der Waals surface area contributed by atoms with E-state index >= 15 is 0 Å². The van der Waals surface area contributed by atoms with Gasteiger partial charge in [0.25, 0.3) is 0 Å². The molecule has 0 atom stereocenters. The van der Waals surface area contributed by atoms with Gasteiger partial charge in [-0.2, -0.15) is 0 Å². The molecule has 0 radical (unpaired) electrons. The van der Waals surface area contributed by atoms with Gasteiger partial charge in [0.05, 0.1) is 13.2 Å². The van der Waals surface area contributed by atoms with Crippen LogP contribution >= 0.6 is 0 Å². The summed E-state index contributed by atoms with van der Waals surface area (Å²) in [7, 11) is 1.63. The minimum atomic E-state index is -0.373. The van der Waals surface area contributed by atoms with Crippen LogP contribution in [0.25, 0.3) is 0 Å². The number of hydrogen-bond acceptors (Lipinski definition) is 4. The Morgan fingerprint density at radius 1 is 1.08 bits per heavy atom. The predicted molar refractivity (Wildman–Crippen MR) is 98.5 cm³/mol. The second-order valence-corrected chi connectivity index (χ2v) is 5.98. The Morgan fingerprint density at radius 2 is 1.80 bits per heavy atom. The maximum atomic E-state index is 11.6. The van der Waals surface area contributed by atoms with Gasteiger partial charge in [-0.05, 0) is 24.1 Å². The second-order valence-electron chi connectivity index (χ2n) is 5.98. The summed E-state index contributed by atoms with van der Waals surface area (Å²) in [6.45, 7) is 4.64. The largest absolute Gasteiger partial charge is 0.468 e. The fourth-order valence-corrected chi connectivity index (χ4v) is 2.40. The summed E-state index contributed by atoms with van der Waals surface area (Å²) in [6.07, 6.45) is 5.79. The van der Waals surface area contributed by atoms with Gasteiger partial charge in [-0.25, -0.2) is 4.79 Å². The van der Waals surface area contributed by atoms with Crippen LogP contribution in [0.5, 0.6) is 5.75 Å². The molecular weight excluding hydrogens is 320 g/mol. The number of ether oxygens (including phenoxy) is 3. The molecule has 0 bridgehead atoms. The second kappa shape index (κ2) is 13.5. The maximum Gasteiger partial charge on any atom is 0.315 e. The van der Waals surface area contributed by atoms with Crippen molar-refractivity contribution in [3.8, 4) is 5.75 Å². The number of amides is 2. The van der Waals surface area contributed by atoms with Crippen molar-refractivity contribution in [2.24, 2.45) is 5.73 Å². The number of carbonyl (C=O) groups is 1. The van der Waals surface area contributed by atoms with Gasteiger partial charge in [0.2, 0.25) is 0 Å². The first-order valence-electron chi connectivity index (χ1n) is 9.00. The molecule has 1 aromatic rings. The normalized spacial score (nSPS) is 10.6. The third-order valence-electron chi connectivity index (χ3n) is 3.88. The average molecular weight is 352 g/mol. The van der Waals surface area contributed by atoms with Crippen molar-refractivity contribution in [3.05, 3.63) is 29.8 Å². The third-order valence-corrected chi connectivity index (χ3v) is 3.88. The third kappa shape index (κ3) is 9.94. The molecule has 0 heterocycles. The van der Waals surface area contributed by atoms with E-state index in [0.717, 1.165) is 24.2 Å². The zero-order valence-electron chi connectivity index (χ0n) is 15.5. The molecule has 0 aromatic heterocycles. The van der Waals surface area contributed by atoms with Crippen molar-refractivity contribution in [2.45, 2.75) is 45.6 Å². The van der Waals surface area contributed by atoms with Gasteiger partial charge in [0, 0.05) is 20.2 Å². The zero-order valence-corrected chi connectivity index (χ0v) is 15.5. The van der Waals surface area contributed by atoms with E-state index in [-0.39, 0.29) is 12.8 Å². The lowest BCUT2D eigenvalue weighted by molar-refractivity contribution is -0.00847. The van der Waals surface area contributed by atoms with Crippen molar-refractivity contribution < 1.29 is 19.0 Å².